The van der Waals surface area contributed by atoms with E-state index in [4.69, 9.17) is 16.3 Å². The Hall–Kier alpha value is -4.57. The van der Waals surface area contributed by atoms with Crippen molar-refractivity contribution in [1.82, 2.24) is 9.97 Å². The zero-order chi connectivity index (χ0) is 33.1. The maximum Gasteiger partial charge on any atom is 0.266 e. The second-order valence-corrected chi connectivity index (χ2v) is 14.0. The van der Waals surface area contributed by atoms with E-state index in [0.29, 0.717) is 36.7 Å². The number of aromatic nitrogens is 2. The Labute approximate surface area is 287 Å². The number of amides is 2. The molecular formula is C38H34ClN5O3S. The molecule has 2 aliphatic rings. The number of morpholine rings is 1. The number of nitrogens with zero attached hydrogens (tertiary/aromatic N) is 4. The molecule has 0 unspecified atom stereocenters. The molecule has 1 N–H and O–H groups in total. The van der Waals surface area contributed by atoms with Crippen molar-refractivity contribution >= 4 is 83.7 Å². The highest BCUT2D eigenvalue weighted by molar-refractivity contribution is 7.21. The van der Waals surface area contributed by atoms with Crippen LogP contribution in [0.5, 0.6) is 0 Å². The molecule has 4 heterocycles. The van der Waals surface area contributed by atoms with Crippen LogP contribution in [-0.2, 0) is 16.0 Å². The van der Waals surface area contributed by atoms with Crippen molar-refractivity contribution in [2.24, 2.45) is 0 Å². The molecule has 2 aromatic heterocycles. The number of thiophene rings is 1. The van der Waals surface area contributed by atoms with E-state index in [-0.39, 0.29) is 23.1 Å². The maximum absolute atomic E-state index is 14.2. The van der Waals surface area contributed by atoms with Gasteiger partial charge in [-0.3, -0.25) is 9.59 Å². The van der Waals surface area contributed by atoms with Crippen LogP contribution in [0.4, 0.5) is 17.2 Å². The van der Waals surface area contributed by atoms with Gasteiger partial charge in [-0.15, -0.1) is 11.3 Å². The second-order valence-electron chi connectivity index (χ2n) is 12.6. The van der Waals surface area contributed by atoms with Gasteiger partial charge in [0.15, 0.2) is 5.82 Å². The van der Waals surface area contributed by atoms with E-state index in [9.17, 15) is 9.59 Å². The minimum Gasteiger partial charge on any atom is -0.378 e. The summed E-state index contributed by atoms with van der Waals surface area (Å²) in [4.78, 5) is 40.5. The first-order chi connectivity index (χ1) is 23.3. The maximum atomic E-state index is 14.2. The molecule has 10 heteroatoms. The van der Waals surface area contributed by atoms with E-state index in [1.54, 1.807) is 6.92 Å². The van der Waals surface area contributed by atoms with Crippen LogP contribution in [0.25, 0.3) is 42.9 Å². The highest BCUT2D eigenvalue weighted by Gasteiger charge is 2.27. The summed E-state index contributed by atoms with van der Waals surface area (Å²) in [5.74, 6) is 0.590. The van der Waals surface area contributed by atoms with Crippen LogP contribution in [0, 0.1) is 6.92 Å². The molecule has 0 aliphatic carbocycles. The van der Waals surface area contributed by atoms with E-state index >= 15 is 0 Å². The molecule has 0 saturated carbocycles. The molecule has 1 fully saturated rings. The molecule has 1 atom stereocenters. The van der Waals surface area contributed by atoms with Crippen molar-refractivity contribution in [3.63, 3.8) is 0 Å². The summed E-state index contributed by atoms with van der Waals surface area (Å²) in [5.41, 5.74) is 6.35. The number of fused-ring (bicyclic) bond motifs is 5. The number of hydrogen-bond donors (Lipinski definition) is 1. The lowest BCUT2D eigenvalue weighted by Gasteiger charge is -2.35. The number of hydrogen-bond acceptors (Lipinski definition) is 7. The predicted octanol–water partition coefficient (Wildman–Crippen LogP) is 8.40. The van der Waals surface area contributed by atoms with Crippen LogP contribution < -0.4 is 15.1 Å². The number of aryl methyl sites for hydroxylation is 2. The SMILES string of the molecule is CC(=O)N1c2ccc(-c3cc(NC(=O)c4sc5c(N6CCOCC6)nc(Cl)nc5c4C)c4ccc5ccccc5c4c3)cc2CC[C@@H]1C. The number of nitrogens with one attached hydrogen (secondary N) is 1. The van der Waals surface area contributed by atoms with E-state index in [1.165, 1.54) is 11.3 Å². The fraction of sp³-hybridized carbons (Fsp3) is 0.263. The Bertz CT molecular complexity index is 2280. The van der Waals surface area contributed by atoms with Crippen LogP contribution in [0.15, 0.2) is 66.7 Å². The van der Waals surface area contributed by atoms with Crippen molar-refractivity contribution in [2.75, 3.05) is 41.4 Å². The van der Waals surface area contributed by atoms with Crippen molar-refractivity contribution in [3.05, 3.63) is 88.0 Å². The summed E-state index contributed by atoms with van der Waals surface area (Å²) in [6.07, 6.45) is 1.82. The summed E-state index contributed by atoms with van der Waals surface area (Å²) < 4.78 is 6.40. The standard InChI is InChI=1S/C38H34ClN5O3S/c1-21-8-9-26-18-25(11-13-32(26)44(21)23(3)45)27-19-30-28-7-5-4-6-24(28)10-12-29(30)31(20-27)40-37(46)34-22(2)33-35(48-34)36(42-38(39)41-33)43-14-16-47-17-15-43/h4-7,10-13,18-21H,8-9,14-17H2,1-3H3,(H,40,46)/t21-/m0/s1. The van der Waals surface area contributed by atoms with E-state index in [0.717, 1.165) is 78.5 Å². The average molecular weight is 676 g/mol. The van der Waals surface area contributed by atoms with Crippen molar-refractivity contribution < 1.29 is 14.3 Å². The third-order valence-electron chi connectivity index (χ3n) is 9.63. The van der Waals surface area contributed by atoms with E-state index in [1.807, 2.05) is 24.0 Å². The predicted molar refractivity (Wildman–Crippen MR) is 196 cm³/mol. The number of carbonyl (C=O) groups excluding carboxylic acids is 2. The molecule has 6 aromatic rings. The van der Waals surface area contributed by atoms with Gasteiger partial charge in [0.2, 0.25) is 11.2 Å². The number of carbonyl (C=O) groups is 2. The first-order valence-corrected chi connectivity index (χ1v) is 17.5. The van der Waals surface area contributed by atoms with Gasteiger partial charge in [0, 0.05) is 42.8 Å². The van der Waals surface area contributed by atoms with Crippen molar-refractivity contribution in [2.45, 2.75) is 39.7 Å². The normalized spacial score (nSPS) is 16.5. The lowest BCUT2D eigenvalue weighted by atomic mass is 9.91. The number of benzene rings is 4. The van der Waals surface area contributed by atoms with Crippen LogP contribution in [0.2, 0.25) is 5.28 Å². The molecule has 4 aromatic carbocycles. The minimum absolute atomic E-state index is 0.0558. The van der Waals surface area contributed by atoms with E-state index < -0.39 is 0 Å². The van der Waals surface area contributed by atoms with Gasteiger partial charge in [0.1, 0.15) is 0 Å². The van der Waals surface area contributed by atoms with Gasteiger partial charge in [-0.25, -0.2) is 4.98 Å². The molecule has 48 heavy (non-hydrogen) atoms. The molecule has 8 nitrogen and oxygen atoms in total. The number of rotatable bonds is 4. The van der Waals surface area contributed by atoms with Gasteiger partial charge in [-0.2, -0.15) is 4.98 Å². The lowest BCUT2D eigenvalue weighted by Crippen LogP contribution is -2.40. The molecule has 0 bridgehead atoms. The van der Waals surface area contributed by atoms with Crippen LogP contribution in [-0.4, -0.2) is 54.1 Å². The first kappa shape index (κ1) is 30.7. The zero-order valence-electron chi connectivity index (χ0n) is 27.0. The second kappa shape index (κ2) is 12.1. The quantitative estimate of drug-likeness (QED) is 0.149. The first-order valence-electron chi connectivity index (χ1n) is 16.3. The van der Waals surface area contributed by atoms with Gasteiger partial charge < -0.3 is 19.9 Å². The third-order valence-corrected chi connectivity index (χ3v) is 11.1. The molecule has 242 valence electrons. The summed E-state index contributed by atoms with van der Waals surface area (Å²) in [6.45, 7) is 8.26. The van der Waals surface area contributed by atoms with Gasteiger partial charge >= 0.3 is 0 Å². The summed E-state index contributed by atoms with van der Waals surface area (Å²) in [6, 6.07) is 23.3. The monoisotopic (exact) mass is 675 g/mol. The zero-order valence-corrected chi connectivity index (χ0v) is 28.5. The van der Waals surface area contributed by atoms with Crippen molar-refractivity contribution in [1.29, 1.82) is 0 Å². The highest BCUT2D eigenvalue weighted by atomic mass is 35.5. The number of halogens is 1. The van der Waals surface area contributed by atoms with Crippen molar-refractivity contribution in [3.8, 4) is 11.1 Å². The summed E-state index contributed by atoms with van der Waals surface area (Å²) in [7, 11) is 0. The Kier molecular flexibility index (Phi) is 7.78. The molecule has 1 saturated heterocycles. The Morgan fingerprint density at radius 2 is 1.77 bits per heavy atom. The Morgan fingerprint density at radius 1 is 0.958 bits per heavy atom. The topological polar surface area (TPSA) is 87.7 Å². The van der Waals surface area contributed by atoms with Crippen LogP contribution in [0.1, 0.15) is 41.1 Å². The summed E-state index contributed by atoms with van der Waals surface area (Å²) >= 11 is 7.80. The molecule has 8 rings (SSSR count). The van der Waals surface area contributed by atoms with Gasteiger partial charge in [-0.05, 0) is 101 Å². The molecule has 2 amide bonds. The Balaban J connectivity index is 1.24. The number of anilines is 3. The minimum atomic E-state index is -0.206. The molecule has 2 aliphatic heterocycles. The molecular weight excluding hydrogens is 642 g/mol. The number of ether oxygens (including phenoxy) is 1. The Morgan fingerprint density at radius 3 is 2.58 bits per heavy atom. The van der Waals surface area contributed by atoms with Crippen LogP contribution >= 0.6 is 22.9 Å². The fourth-order valence-corrected chi connectivity index (χ4v) is 8.55. The van der Waals surface area contributed by atoms with Gasteiger partial charge in [0.05, 0.1) is 28.3 Å². The smallest absolute Gasteiger partial charge is 0.266 e. The molecule has 0 radical (unpaired) electrons. The average Bonchev–Trinajstić information content (AvgIpc) is 3.43. The largest absolute Gasteiger partial charge is 0.378 e. The highest BCUT2D eigenvalue weighted by Crippen LogP contribution is 2.40. The lowest BCUT2D eigenvalue weighted by molar-refractivity contribution is -0.117. The molecule has 0 spiro atoms. The van der Waals surface area contributed by atoms with Gasteiger partial charge in [0.25, 0.3) is 5.91 Å². The van der Waals surface area contributed by atoms with E-state index in [2.05, 4.69) is 81.7 Å². The van der Waals surface area contributed by atoms with Crippen LogP contribution in [0.3, 0.4) is 0 Å². The van der Waals surface area contributed by atoms with Gasteiger partial charge in [-0.1, -0.05) is 42.5 Å². The third kappa shape index (κ3) is 5.26. The fourth-order valence-electron chi connectivity index (χ4n) is 7.23. The summed E-state index contributed by atoms with van der Waals surface area (Å²) in [5, 5.41) is 7.69.